The van der Waals surface area contributed by atoms with Crippen LogP contribution in [0.4, 0.5) is 5.69 Å². The number of carboxylic acids is 1. The largest absolute Gasteiger partial charge is 0.492 e. The zero-order valence-electron chi connectivity index (χ0n) is 9.43. The first-order chi connectivity index (χ1) is 7.50. The second-order valence-electron chi connectivity index (χ2n) is 3.71. The highest BCUT2D eigenvalue weighted by atomic mass is 16.5. The van der Waals surface area contributed by atoms with Gasteiger partial charge in [-0.3, -0.25) is 0 Å². The van der Waals surface area contributed by atoms with Crippen LogP contribution >= 0.6 is 0 Å². The number of ether oxygens (including phenoxy) is 1. The SMILES string of the molecule is CN(C)CCOc1ccc(N)c(C(=O)O)c1. The average Bonchev–Trinajstić information content (AvgIpc) is 2.19. The number of hydrogen-bond acceptors (Lipinski definition) is 4. The van der Waals surface area contributed by atoms with Crippen LogP contribution in [0.5, 0.6) is 5.75 Å². The van der Waals surface area contributed by atoms with Crippen molar-refractivity contribution in [2.45, 2.75) is 0 Å². The summed E-state index contributed by atoms with van der Waals surface area (Å²) < 4.78 is 5.40. The van der Waals surface area contributed by atoms with Crippen LogP contribution in [0.15, 0.2) is 18.2 Å². The lowest BCUT2D eigenvalue weighted by Crippen LogP contribution is -2.19. The Morgan fingerprint density at radius 3 is 2.75 bits per heavy atom. The lowest BCUT2D eigenvalue weighted by atomic mass is 10.2. The van der Waals surface area contributed by atoms with E-state index in [1.807, 2.05) is 19.0 Å². The highest BCUT2D eigenvalue weighted by Crippen LogP contribution is 2.19. The van der Waals surface area contributed by atoms with E-state index in [1.165, 1.54) is 12.1 Å². The average molecular weight is 224 g/mol. The number of carboxylic acid groups (broad SMARTS) is 1. The number of carbonyl (C=O) groups is 1. The van der Waals surface area contributed by atoms with Gasteiger partial charge in [0.25, 0.3) is 0 Å². The van der Waals surface area contributed by atoms with Crippen LogP contribution in [0.3, 0.4) is 0 Å². The third-order valence-corrected chi connectivity index (χ3v) is 2.06. The second kappa shape index (κ2) is 5.37. The number of hydrogen-bond donors (Lipinski definition) is 2. The molecule has 0 saturated heterocycles. The van der Waals surface area contributed by atoms with Crippen LogP contribution in [0, 0.1) is 0 Å². The summed E-state index contributed by atoms with van der Waals surface area (Å²) in [6.07, 6.45) is 0. The first-order valence-electron chi connectivity index (χ1n) is 4.91. The molecule has 88 valence electrons. The van der Waals surface area contributed by atoms with E-state index in [0.29, 0.717) is 12.4 Å². The fraction of sp³-hybridized carbons (Fsp3) is 0.364. The highest BCUT2D eigenvalue weighted by Gasteiger charge is 2.08. The maximum absolute atomic E-state index is 10.8. The minimum atomic E-state index is -1.05. The van der Waals surface area contributed by atoms with Gasteiger partial charge < -0.3 is 20.5 Å². The molecule has 5 heteroatoms. The number of rotatable bonds is 5. The van der Waals surface area contributed by atoms with Gasteiger partial charge in [-0.2, -0.15) is 0 Å². The number of nitrogens with zero attached hydrogens (tertiary/aromatic N) is 1. The zero-order valence-corrected chi connectivity index (χ0v) is 9.43. The first-order valence-corrected chi connectivity index (χ1v) is 4.91. The van der Waals surface area contributed by atoms with Gasteiger partial charge in [-0.1, -0.05) is 0 Å². The molecule has 0 atom stereocenters. The molecule has 0 aliphatic carbocycles. The van der Waals surface area contributed by atoms with Crippen molar-refractivity contribution in [3.05, 3.63) is 23.8 Å². The molecule has 5 nitrogen and oxygen atoms in total. The van der Waals surface area contributed by atoms with Crippen molar-refractivity contribution < 1.29 is 14.6 Å². The maximum Gasteiger partial charge on any atom is 0.337 e. The summed E-state index contributed by atoms with van der Waals surface area (Å²) in [7, 11) is 3.88. The minimum absolute atomic E-state index is 0.0716. The van der Waals surface area contributed by atoms with Crippen molar-refractivity contribution in [3.63, 3.8) is 0 Å². The number of likely N-dealkylation sites (N-methyl/N-ethyl adjacent to an activating group) is 1. The molecule has 0 fully saturated rings. The van der Waals surface area contributed by atoms with Crippen molar-refractivity contribution in [3.8, 4) is 5.75 Å². The fourth-order valence-corrected chi connectivity index (χ4v) is 1.16. The number of anilines is 1. The van der Waals surface area contributed by atoms with Crippen molar-refractivity contribution in [1.82, 2.24) is 4.90 Å². The Labute approximate surface area is 94.4 Å². The lowest BCUT2D eigenvalue weighted by molar-refractivity contribution is 0.0697. The van der Waals surface area contributed by atoms with E-state index in [0.717, 1.165) is 6.54 Å². The Morgan fingerprint density at radius 2 is 2.19 bits per heavy atom. The summed E-state index contributed by atoms with van der Waals surface area (Å²) in [5.41, 5.74) is 5.84. The Hall–Kier alpha value is -1.75. The van der Waals surface area contributed by atoms with Gasteiger partial charge in [0.05, 0.1) is 5.56 Å². The van der Waals surface area contributed by atoms with Crippen LogP contribution in [-0.2, 0) is 0 Å². The van der Waals surface area contributed by atoms with Gasteiger partial charge >= 0.3 is 5.97 Å². The van der Waals surface area contributed by atoms with Crippen LogP contribution in [-0.4, -0.2) is 43.2 Å². The smallest absolute Gasteiger partial charge is 0.337 e. The van der Waals surface area contributed by atoms with Gasteiger partial charge in [0.1, 0.15) is 12.4 Å². The Bertz CT molecular complexity index is 377. The van der Waals surface area contributed by atoms with E-state index in [9.17, 15) is 4.79 Å². The minimum Gasteiger partial charge on any atom is -0.492 e. The van der Waals surface area contributed by atoms with Gasteiger partial charge in [0.2, 0.25) is 0 Å². The summed E-state index contributed by atoms with van der Waals surface area (Å²) in [5, 5.41) is 8.86. The van der Waals surface area contributed by atoms with E-state index < -0.39 is 5.97 Å². The lowest BCUT2D eigenvalue weighted by Gasteiger charge is -2.11. The molecule has 0 amide bonds. The molecule has 0 heterocycles. The predicted octanol–water partition coefficient (Wildman–Crippen LogP) is 0.907. The van der Waals surface area contributed by atoms with E-state index in [2.05, 4.69) is 0 Å². The molecule has 0 aliphatic rings. The molecule has 3 N–H and O–H groups in total. The molecule has 1 aromatic rings. The summed E-state index contributed by atoms with van der Waals surface area (Å²) >= 11 is 0. The molecule has 0 bridgehead atoms. The summed E-state index contributed by atoms with van der Waals surface area (Å²) in [6.45, 7) is 1.28. The standard InChI is InChI=1S/C11H16N2O3/c1-13(2)5-6-16-8-3-4-10(12)9(7-8)11(14)15/h3-4,7H,5-6,12H2,1-2H3,(H,14,15). The molecule has 0 radical (unpaired) electrons. The fourth-order valence-electron chi connectivity index (χ4n) is 1.16. The van der Waals surface area contributed by atoms with E-state index >= 15 is 0 Å². The molecule has 1 aromatic carbocycles. The maximum atomic E-state index is 10.8. The normalized spacial score (nSPS) is 10.4. The third kappa shape index (κ3) is 3.43. The van der Waals surface area contributed by atoms with Gasteiger partial charge in [-0.15, -0.1) is 0 Å². The van der Waals surface area contributed by atoms with Crippen molar-refractivity contribution in [2.24, 2.45) is 0 Å². The molecule has 1 rings (SSSR count). The second-order valence-corrected chi connectivity index (χ2v) is 3.71. The number of aromatic carboxylic acids is 1. The number of nitrogen functional groups attached to an aromatic ring is 1. The monoisotopic (exact) mass is 224 g/mol. The molecule has 16 heavy (non-hydrogen) atoms. The summed E-state index contributed by atoms with van der Waals surface area (Å²) in [4.78, 5) is 12.8. The topological polar surface area (TPSA) is 75.8 Å². The van der Waals surface area contributed by atoms with Gasteiger partial charge in [0.15, 0.2) is 0 Å². The van der Waals surface area contributed by atoms with Crippen molar-refractivity contribution in [2.75, 3.05) is 33.0 Å². The molecule has 0 saturated carbocycles. The van der Waals surface area contributed by atoms with Gasteiger partial charge in [0, 0.05) is 12.2 Å². The highest BCUT2D eigenvalue weighted by molar-refractivity contribution is 5.94. The van der Waals surface area contributed by atoms with E-state index in [1.54, 1.807) is 6.07 Å². The van der Waals surface area contributed by atoms with Crippen molar-refractivity contribution in [1.29, 1.82) is 0 Å². The first kappa shape index (κ1) is 12.3. The van der Waals surface area contributed by atoms with E-state index in [-0.39, 0.29) is 11.3 Å². The Balaban J connectivity index is 2.68. The van der Waals surface area contributed by atoms with Crippen LogP contribution in [0.25, 0.3) is 0 Å². The third-order valence-electron chi connectivity index (χ3n) is 2.06. The van der Waals surface area contributed by atoms with Crippen LogP contribution in [0.2, 0.25) is 0 Å². The Morgan fingerprint density at radius 1 is 1.50 bits per heavy atom. The molecule has 0 aliphatic heterocycles. The number of nitrogens with two attached hydrogens (primary N) is 1. The van der Waals surface area contributed by atoms with Crippen LogP contribution in [0.1, 0.15) is 10.4 Å². The quantitative estimate of drug-likeness (QED) is 0.727. The zero-order chi connectivity index (χ0) is 12.1. The van der Waals surface area contributed by atoms with E-state index in [4.69, 9.17) is 15.6 Å². The molecular formula is C11H16N2O3. The number of benzene rings is 1. The molecule has 0 spiro atoms. The van der Waals surface area contributed by atoms with Gasteiger partial charge in [-0.25, -0.2) is 4.79 Å². The van der Waals surface area contributed by atoms with Crippen LogP contribution < -0.4 is 10.5 Å². The summed E-state index contributed by atoms with van der Waals surface area (Å²) in [5.74, 6) is -0.524. The molecule has 0 unspecified atom stereocenters. The van der Waals surface area contributed by atoms with Crippen molar-refractivity contribution >= 4 is 11.7 Å². The Kier molecular flexibility index (Phi) is 4.13. The predicted molar refractivity (Wildman–Crippen MR) is 61.9 cm³/mol. The molecular weight excluding hydrogens is 208 g/mol. The summed E-state index contributed by atoms with van der Waals surface area (Å²) in [6, 6.07) is 4.64. The molecule has 0 aromatic heterocycles. The van der Waals surface area contributed by atoms with Gasteiger partial charge in [-0.05, 0) is 32.3 Å².